The second-order valence-electron chi connectivity index (χ2n) is 7.89. The number of carbonyl (C=O) groups is 1. The molecule has 8 heteroatoms. The molecule has 0 aliphatic carbocycles. The largest absolute Gasteiger partial charge is 0.279 e. The molecule has 4 aromatic heterocycles. The molecule has 0 bridgehead atoms. The van der Waals surface area contributed by atoms with Crippen molar-refractivity contribution in [2.75, 3.05) is 4.90 Å². The predicted octanol–water partition coefficient (Wildman–Crippen LogP) is 6.95. The lowest BCUT2D eigenvalue weighted by Gasteiger charge is -2.21. The van der Waals surface area contributed by atoms with E-state index in [0.717, 1.165) is 27.0 Å². The van der Waals surface area contributed by atoms with Crippen molar-refractivity contribution in [2.24, 2.45) is 0 Å². The number of hydrogen-bond donors (Lipinski definition) is 0. The number of benzene rings is 2. The Kier molecular flexibility index (Phi) is 5.52. The minimum absolute atomic E-state index is 0.232. The van der Waals surface area contributed by atoms with Gasteiger partial charge in [-0.1, -0.05) is 47.7 Å². The van der Waals surface area contributed by atoms with Gasteiger partial charge < -0.3 is 0 Å². The molecule has 6 aromatic rings. The van der Waals surface area contributed by atoms with E-state index < -0.39 is 5.82 Å². The molecule has 0 spiro atoms. The highest BCUT2D eigenvalue weighted by molar-refractivity contribution is 7.22. The van der Waals surface area contributed by atoms with Gasteiger partial charge in [0.05, 0.1) is 32.9 Å². The molecule has 4 heterocycles. The summed E-state index contributed by atoms with van der Waals surface area (Å²) in [7, 11) is 0. The molecule has 6 rings (SSSR count). The van der Waals surface area contributed by atoms with Crippen LogP contribution < -0.4 is 4.90 Å². The molecular formula is C27H17FN4OS2. The lowest BCUT2D eigenvalue weighted by Crippen LogP contribution is -2.30. The third-order valence-electron chi connectivity index (χ3n) is 5.62. The van der Waals surface area contributed by atoms with Gasteiger partial charge in [0, 0.05) is 17.8 Å². The van der Waals surface area contributed by atoms with Gasteiger partial charge in [-0.05, 0) is 47.3 Å². The number of anilines is 1. The fraction of sp³-hybridized carbons (Fsp3) is 0.0370. The fourth-order valence-electron chi connectivity index (χ4n) is 3.97. The zero-order valence-electron chi connectivity index (χ0n) is 18.3. The number of carbonyl (C=O) groups excluding carboxylic acids is 1. The number of thiophene rings is 1. The van der Waals surface area contributed by atoms with E-state index in [1.165, 1.54) is 17.4 Å². The van der Waals surface area contributed by atoms with E-state index in [2.05, 4.69) is 9.97 Å². The quantitative estimate of drug-likeness (QED) is 0.259. The third-order valence-corrected chi connectivity index (χ3v) is 7.55. The summed E-state index contributed by atoms with van der Waals surface area (Å²) in [6.07, 6.45) is 3.41. The molecule has 0 fully saturated rings. The number of aromatic nitrogens is 3. The molecular weight excluding hydrogens is 479 g/mol. The number of nitrogens with zero attached hydrogens (tertiary/aromatic N) is 4. The van der Waals surface area contributed by atoms with Crippen molar-refractivity contribution in [3.8, 4) is 10.6 Å². The van der Waals surface area contributed by atoms with Gasteiger partial charge in [0.1, 0.15) is 11.3 Å². The molecule has 0 atom stereocenters. The molecule has 0 aliphatic heterocycles. The molecule has 0 unspecified atom stereocenters. The Hall–Kier alpha value is -4.01. The predicted molar refractivity (Wildman–Crippen MR) is 139 cm³/mol. The summed E-state index contributed by atoms with van der Waals surface area (Å²) in [6.45, 7) is 0.249. The first kappa shape index (κ1) is 21.5. The highest BCUT2D eigenvalue weighted by atomic mass is 32.1. The first-order valence-corrected chi connectivity index (χ1v) is 12.6. The first-order valence-electron chi connectivity index (χ1n) is 10.9. The van der Waals surface area contributed by atoms with Crippen LogP contribution in [0, 0.1) is 5.82 Å². The van der Waals surface area contributed by atoms with E-state index in [-0.39, 0.29) is 18.0 Å². The Morgan fingerprint density at radius 2 is 1.89 bits per heavy atom. The van der Waals surface area contributed by atoms with Gasteiger partial charge in [-0.2, -0.15) is 0 Å². The summed E-state index contributed by atoms with van der Waals surface area (Å²) in [5.41, 5.74) is 3.09. The summed E-state index contributed by atoms with van der Waals surface area (Å²) in [6, 6.07) is 22.0. The van der Waals surface area contributed by atoms with Crippen LogP contribution in [-0.4, -0.2) is 20.9 Å². The minimum Gasteiger partial charge on any atom is -0.279 e. The molecule has 2 aromatic carbocycles. The van der Waals surface area contributed by atoms with Gasteiger partial charge in [-0.15, -0.1) is 11.3 Å². The summed E-state index contributed by atoms with van der Waals surface area (Å²) >= 11 is 2.86. The highest BCUT2D eigenvalue weighted by Crippen LogP contribution is 2.34. The average molecular weight is 497 g/mol. The van der Waals surface area contributed by atoms with Gasteiger partial charge in [-0.3, -0.25) is 14.7 Å². The summed E-state index contributed by atoms with van der Waals surface area (Å²) in [4.78, 5) is 30.3. The van der Waals surface area contributed by atoms with E-state index >= 15 is 0 Å². The van der Waals surface area contributed by atoms with Crippen LogP contribution in [0.2, 0.25) is 0 Å². The lowest BCUT2D eigenvalue weighted by atomic mass is 10.1. The first-order chi connectivity index (χ1) is 17.2. The van der Waals surface area contributed by atoms with Crippen LogP contribution in [0.3, 0.4) is 0 Å². The molecule has 0 saturated carbocycles. The summed E-state index contributed by atoms with van der Waals surface area (Å²) < 4.78 is 15.1. The second-order valence-corrected chi connectivity index (χ2v) is 9.84. The molecule has 0 N–H and O–H groups in total. The Morgan fingerprint density at radius 1 is 0.971 bits per heavy atom. The van der Waals surface area contributed by atoms with Crippen LogP contribution in [-0.2, 0) is 6.54 Å². The van der Waals surface area contributed by atoms with Crippen molar-refractivity contribution in [2.45, 2.75) is 6.54 Å². The van der Waals surface area contributed by atoms with Crippen molar-refractivity contribution in [1.82, 2.24) is 15.0 Å². The normalized spacial score (nSPS) is 11.2. The standard InChI is InChI=1S/C27H17FN4OS2/c28-20-8-3-10-24-25(20)31-27(35-24)32(16-17-6-4-12-29-15-17)26(33)19-14-22(23-11-5-13-34-23)30-21-9-2-1-7-18(19)21/h1-15H,16H2. The van der Waals surface area contributed by atoms with Gasteiger partial charge in [0.2, 0.25) is 0 Å². The third kappa shape index (κ3) is 4.07. The number of thiazole rings is 1. The van der Waals surface area contributed by atoms with Crippen molar-refractivity contribution in [1.29, 1.82) is 0 Å². The van der Waals surface area contributed by atoms with Gasteiger partial charge in [-0.25, -0.2) is 14.4 Å². The van der Waals surface area contributed by atoms with E-state index in [9.17, 15) is 9.18 Å². The molecule has 35 heavy (non-hydrogen) atoms. The summed E-state index contributed by atoms with van der Waals surface area (Å²) in [5, 5.41) is 3.16. The van der Waals surface area contributed by atoms with Crippen LogP contribution in [0.15, 0.2) is 90.6 Å². The fourth-order valence-corrected chi connectivity index (χ4v) is 5.63. The zero-order chi connectivity index (χ0) is 23.8. The van der Waals surface area contributed by atoms with Crippen molar-refractivity contribution >= 4 is 54.8 Å². The molecule has 0 aliphatic rings. The molecule has 0 saturated heterocycles. The van der Waals surface area contributed by atoms with Crippen LogP contribution in [0.5, 0.6) is 0 Å². The Labute approximate surface area is 208 Å². The number of hydrogen-bond acceptors (Lipinski definition) is 6. The van der Waals surface area contributed by atoms with Gasteiger partial charge in [0.15, 0.2) is 5.13 Å². The maximum Gasteiger partial charge on any atom is 0.261 e. The number of halogens is 1. The number of fused-ring (bicyclic) bond motifs is 2. The Morgan fingerprint density at radius 3 is 2.69 bits per heavy atom. The Bertz CT molecular complexity index is 1670. The summed E-state index contributed by atoms with van der Waals surface area (Å²) in [5.74, 6) is -0.641. The van der Waals surface area contributed by atoms with Crippen LogP contribution in [0.1, 0.15) is 15.9 Å². The lowest BCUT2D eigenvalue weighted by molar-refractivity contribution is 0.0986. The maximum atomic E-state index is 14.5. The Balaban J connectivity index is 1.53. The van der Waals surface area contributed by atoms with E-state index in [1.54, 1.807) is 34.7 Å². The molecule has 170 valence electrons. The molecule has 5 nitrogen and oxygen atoms in total. The molecule has 1 amide bonds. The van der Waals surface area contributed by atoms with Gasteiger partial charge in [0.25, 0.3) is 5.91 Å². The van der Waals surface area contributed by atoms with Crippen molar-refractivity contribution in [3.05, 3.63) is 108 Å². The van der Waals surface area contributed by atoms with Crippen LogP contribution in [0.4, 0.5) is 9.52 Å². The van der Waals surface area contributed by atoms with E-state index in [1.807, 2.05) is 66.0 Å². The average Bonchev–Trinajstić information content (AvgIpc) is 3.58. The maximum absolute atomic E-state index is 14.5. The zero-order valence-corrected chi connectivity index (χ0v) is 19.9. The molecule has 0 radical (unpaired) electrons. The second kappa shape index (κ2) is 8.98. The van der Waals surface area contributed by atoms with Crippen molar-refractivity contribution < 1.29 is 9.18 Å². The number of pyridine rings is 2. The number of amides is 1. The SMILES string of the molecule is O=C(c1cc(-c2cccs2)nc2ccccc12)N(Cc1cccnc1)c1nc2c(F)cccc2s1. The minimum atomic E-state index is -0.409. The van der Waals surface area contributed by atoms with E-state index in [4.69, 9.17) is 4.98 Å². The topological polar surface area (TPSA) is 59.0 Å². The monoisotopic (exact) mass is 496 g/mol. The van der Waals surface area contributed by atoms with Crippen molar-refractivity contribution in [3.63, 3.8) is 0 Å². The van der Waals surface area contributed by atoms with E-state index in [0.29, 0.717) is 15.4 Å². The van der Waals surface area contributed by atoms with Gasteiger partial charge >= 0.3 is 0 Å². The highest BCUT2D eigenvalue weighted by Gasteiger charge is 2.25. The van der Waals surface area contributed by atoms with Crippen LogP contribution in [0.25, 0.3) is 31.7 Å². The van der Waals surface area contributed by atoms with Crippen LogP contribution >= 0.6 is 22.7 Å². The number of para-hydroxylation sites is 2. The number of rotatable bonds is 5. The smallest absolute Gasteiger partial charge is 0.261 e.